The van der Waals surface area contributed by atoms with Crippen molar-refractivity contribution in [3.05, 3.63) is 254 Å². The van der Waals surface area contributed by atoms with Gasteiger partial charge in [0.1, 0.15) is 5.82 Å². The first-order chi connectivity index (χ1) is 40.7. The van der Waals surface area contributed by atoms with Crippen molar-refractivity contribution in [1.29, 1.82) is 0 Å². The van der Waals surface area contributed by atoms with Crippen LogP contribution < -0.4 is 9.30 Å². The molecule has 0 radical (unpaired) electrons. The summed E-state index contributed by atoms with van der Waals surface area (Å²) in [5, 5.41) is 1.37. The third-order valence-electron chi connectivity index (χ3n) is 14.7. The summed E-state index contributed by atoms with van der Waals surface area (Å²) in [7, 11) is 0. The molecule has 0 N–H and O–H groups in total. The van der Waals surface area contributed by atoms with Gasteiger partial charge in [0.15, 0.2) is 0 Å². The van der Waals surface area contributed by atoms with Gasteiger partial charge in [-0.25, -0.2) is 4.98 Å². The van der Waals surface area contributed by atoms with Crippen molar-refractivity contribution < 1.29 is 41.3 Å². The molecule has 0 bridgehead atoms. The number of ether oxygens (including phenoxy) is 1. The summed E-state index contributed by atoms with van der Waals surface area (Å²) in [5.41, 5.74) is 14.0. The summed E-state index contributed by atoms with van der Waals surface area (Å²) in [4.78, 5) is 4.92. The quantitative estimate of drug-likeness (QED) is 0.123. The summed E-state index contributed by atoms with van der Waals surface area (Å²) in [6.07, 6.45) is 5.63. The van der Waals surface area contributed by atoms with Crippen LogP contribution in [0.25, 0.3) is 122 Å². The van der Waals surface area contributed by atoms with Crippen LogP contribution in [-0.4, -0.2) is 18.7 Å². The topological polar surface area (TPSA) is 40.8 Å². The Labute approximate surface area is 471 Å². The van der Waals surface area contributed by atoms with E-state index in [1.54, 1.807) is 12.3 Å². The molecule has 15 rings (SSSR count). The van der Waals surface area contributed by atoms with Gasteiger partial charge < -0.3 is 18.4 Å². The maximum atomic E-state index is 9.51. The Morgan fingerprint density at radius 3 is 1.86 bits per heavy atom. The molecule has 77 heavy (non-hydrogen) atoms. The van der Waals surface area contributed by atoms with Crippen LogP contribution in [0.1, 0.15) is 37.3 Å². The van der Waals surface area contributed by atoms with Crippen molar-refractivity contribution in [2.24, 2.45) is 0 Å². The van der Waals surface area contributed by atoms with Gasteiger partial charge in [-0.15, -0.1) is 24.3 Å². The largest absolute Gasteiger partial charge is 0.508 e. The Kier molecular flexibility index (Phi) is 9.01. The Morgan fingerprint density at radius 2 is 1.12 bits per heavy atom. The second kappa shape index (κ2) is 18.0. The van der Waals surface area contributed by atoms with Crippen LogP contribution in [-0.2, 0) is 26.5 Å². The molecule has 1 aliphatic heterocycles. The zero-order chi connectivity index (χ0) is 57.6. The predicted molar refractivity (Wildman–Crippen MR) is 308 cm³/mol. The molecule has 10 aromatic carbocycles. The van der Waals surface area contributed by atoms with Gasteiger partial charge in [0, 0.05) is 66.1 Å². The Bertz CT molecular complexity index is 5080. The Balaban J connectivity index is 0.00000640. The average Bonchev–Trinajstić information content (AvgIpc) is 1.69. The van der Waals surface area contributed by atoms with Gasteiger partial charge >= 0.3 is 0 Å². The summed E-state index contributed by atoms with van der Waals surface area (Å²) in [6.45, 7) is 6.43. The van der Waals surface area contributed by atoms with Crippen molar-refractivity contribution in [1.82, 2.24) is 18.7 Å². The first-order valence-electron chi connectivity index (χ1n) is 29.2. The molecule has 0 amide bonds. The van der Waals surface area contributed by atoms with E-state index in [1.807, 2.05) is 63.7 Å². The van der Waals surface area contributed by atoms with Crippen molar-refractivity contribution >= 4 is 54.6 Å². The summed E-state index contributed by atoms with van der Waals surface area (Å²) in [5.74, 6) is 0.943. The molecule has 4 aromatic heterocycles. The molecule has 14 aromatic rings. The number of nitrogens with zero attached hydrogens (tertiary/aromatic N) is 5. The molecule has 0 fully saturated rings. The van der Waals surface area contributed by atoms with E-state index in [4.69, 9.17) is 15.2 Å². The molecule has 0 unspecified atom stereocenters. The number of para-hydroxylation sites is 5. The maximum Gasteiger partial charge on any atom is 0.268 e. The van der Waals surface area contributed by atoms with E-state index in [0.29, 0.717) is 22.4 Å². The van der Waals surface area contributed by atoms with Crippen LogP contribution in [0.5, 0.6) is 11.5 Å². The minimum absolute atomic E-state index is 0. The third kappa shape index (κ3) is 7.34. The van der Waals surface area contributed by atoms with E-state index < -0.39 is 48.3 Å². The molecule has 0 aliphatic carbocycles. The van der Waals surface area contributed by atoms with Gasteiger partial charge in [-0.1, -0.05) is 201 Å². The van der Waals surface area contributed by atoms with E-state index in [-0.39, 0.29) is 65.5 Å². The van der Waals surface area contributed by atoms with Crippen molar-refractivity contribution in [2.75, 3.05) is 0 Å². The van der Waals surface area contributed by atoms with Gasteiger partial charge in [0.05, 0.1) is 27.7 Å². The molecule has 1 aliphatic rings. The molecule has 6 nitrogen and oxygen atoms in total. The number of fused-ring (bicyclic) bond motifs is 13. The Morgan fingerprint density at radius 1 is 0.519 bits per heavy atom. The standard InChI is InChI=1S/C70H47N5O.Pt/c1-70(2,3)46-38-39-71-67(40-46)75-62-36-16-13-30-56(62)59-42-65(74-60-34-14-11-28-54(60)55-29-12-15-35-61(55)74)66(43-64(59)75)76-48-23-17-22-47(41-48)72-44-73-68-49(45-20-5-4-6-21-45)31-18-32-57(68)52-26-9-7-24-50(52)51-25-8-10-27-53(51)58-33-19-37-63(72)69(58)73;/h4-40,42H,1-3H3;/q-2;/i11D,12D,14D,15D,28D,29D,34D,35D;. The fraction of sp³-hybridized carbons (Fsp3) is 0.0571. The number of pyridine rings is 1. The van der Waals surface area contributed by atoms with E-state index in [9.17, 15) is 5.48 Å². The van der Waals surface area contributed by atoms with E-state index in [0.717, 1.165) is 77.7 Å². The molecule has 5 heterocycles. The number of benzene rings is 10. The zero-order valence-corrected chi connectivity index (χ0v) is 44.1. The second-order valence-electron chi connectivity index (χ2n) is 20.1. The van der Waals surface area contributed by atoms with Gasteiger partial charge in [-0.3, -0.25) is 4.57 Å². The first kappa shape index (κ1) is 38.5. The van der Waals surface area contributed by atoms with Crippen LogP contribution in [0.2, 0.25) is 0 Å². The van der Waals surface area contributed by atoms with E-state index in [2.05, 4.69) is 159 Å². The van der Waals surface area contributed by atoms with Crippen molar-refractivity contribution in [2.45, 2.75) is 26.2 Å². The zero-order valence-electron chi connectivity index (χ0n) is 49.8. The average molecular weight is 1180 g/mol. The predicted octanol–water partition coefficient (Wildman–Crippen LogP) is 17.0. The van der Waals surface area contributed by atoms with Crippen molar-refractivity contribution in [3.63, 3.8) is 0 Å². The van der Waals surface area contributed by atoms with Gasteiger partial charge in [0.25, 0.3) is 6.33 Å². The van der Waals surface area contributed by atoms with Crippen molar-refractivity contribution in [3.8, 4) is 78.9 Å². The van der Waals surface area contributed by atoms with E-state index in [1.165, 1.54) is 4.57 Å². The summed E-state index contributed by atoms with van der Waals surface area (Å²) < 4.78 is 88.0. The van der Waals surface area contributed by atoms with E-state index >= 15 is 0 Å². The second-order valence-corrected chi connectivity index (χ2v) is 20.1. The molecular formula is C70H47N5OPt-2. The maximum absolute atomic E-state index is 9.51. The molecule has 370 valence electrons. The van der Waals surface area contributed by atoms with Crippen LogP contribution in [0.15, 0.2) is 230 Å². The molecule has 0 saturated carbocycles. The van der Waals surface area contributed by atoms with Crippen LogP contribution in [0.4, 0.5) is 0 Å². The molecular weight excluding hydrogens is 1120 g/mol. The fourth-order valence-corrected chi connectivity index (χ4v) is 11.3. The number of aromatic nitrogens is 5. The van der Waals surface area contributed by atoms with Crippen LogP contribution >= 0.6 is 0 Å². The molecule has 0 spiro atoms. The minimum atomic E-state index is -0.536. The van der Waals surface area contributed by atoms with Crippen LogP contribution in [0, 0.1) is 18.5 Å². The molecule has 0 atom stereocenters. The van der Waals surface area contributed by atoms with Crippen LogP contribution in [0.3, 0.4) is 0 Å². The Hall–Kier alpha value is -9.09. The number of hydrogen-bond acceptors (Lipinski definition) is 2. The third-order valence-corrected chi connectivity index (χ3v) is 14.7. The number of hydrogen-bond donors (Lipinski definition) is 0. The first-order valence-corrected chi connectivity index (χ1v) is 25.2. The number of imidazole rings is 1. The minimum Gasteiger partial charge on any atom is -0.508 e. The summed E-state index contributed by atoms with van der Waals surface area (Å²) in [6, 6.07) is 62.9. The molecule has 0 saturated heterocycles. The van der Waals surface area contributed by atoms with Gasteiger partial charge in [0.2, 0.25) is 0 Å². The monoisotopic (exact) mass is 1180 g/mol. The number of rotatable bonds is 6. The van der Waals surface area contributed by atoms with Gasteiger partial charge in [-0.05, 0) is 103 Å². The summed E-state index contributed by atoms with van der Waals surface area (Å²) >= 11 is 0. The normalized spacial score (nSPS) is 13.4. The fourth-order valence-electron chi connectivity index (χ4n) is 11.3. The smallest absolute Gasteiger partial charge is 0.268 e. The molecule has 7 heteroatoms. The SMILES string of the molecule is [2H]c1c([2H])c([2H])c2c(c1[2H])c1c([2H])c([2H])c([2H])c([2H])c1n2-c1cc2c3ccccc3n(-c3cc(C(C)(C)C)ccn3)c2[c-]c1Oc1[c-]c(-n2[c-][n+]3c4c(cccc42)-c2ccccc2-c2ccccc2-c2cccc(-c4ccccc4)c2-3)ccc1.[Pt]. The van der Waals surface area contributed by atoms with Gasteiger partial charge in [-0.2, -0.15) is 12.1 Å².